The van der Waals surface area contributed by atoms with Gasteiger partial charge in [0.05, 0.1) is 10.8 Å². The van der Waals surface area contributed by atoms with E-state index in [2.05, 4.69) is 0 Å². The van der Waals surface area contributed by atoms with Crippen molar-refractivity contribution in [2.24, 2.45) is 0 Å². The number of thiocarbonyl (C=S) groups is 1. The average Bonchev–Trinajstić information content (AvgIpc) is 3.05. The molecule has 8 nitrogen and oxygen atoms in total. The molecule has 0 aliphatic carbocycles. The van der Waals surface area contributed by atoms with E-state index < -0.39 is 10.1 Å². The minimum absolute atomic E-state index is 0.0926. The van der Waals surface area contributed by atoms with Gasteiger partial charge in [0.1, 0.15) is 5.57 Å². The van der Waals surface area contributed by atoms with Crippen LogP contribution in [-0.2, 0) is 19.7 Å². The van der Waals surface area contributed by atoms with Crippen LogP contribution in [-0.4, -0.2) is 70.0 Å². The van der Waals surface area contributed by atoms with E-state index in [0.717, 1.165) is 41.3 Å². The predicted molar refractivity (Wildman–Crippen MR) is 145 cm³/mol. The van der Waals surface area contributed by atoms with Gasteiger partial charge in [-0.05, 0) is 57.5 Å². The first kappa shape index (κ1) is 29.3. The van der Waals surface area contributed by atoms with Gasteiger partial charge >= 0.3 is 0 Å². The number of hydrogen-bond acceptors (Lipinski definition) is 7. The zero-order valence-corrected chi connectivity index (χ0v) is 23.3. The lowest BCUT2D eigenvalue weighted by atomic mass is 10.1. The van der Waals surface area contributed by atoms with Crippen molar-refractivity contribution < 1.29 is 22.6 Å². The number of thioether (sulfide) groups is 1. The highest BCUT2D eigenvalue weighted by Crippen LogP contribution is 2.40. The summed E-state index contributed by atoms with van der Waals surface area (Å²) in [7, 11) is -4.00. The fourth-order valence-corrected chi connectivity index (χ4v) is 5.51. The highest BCUT2D eigenvalue weighted by atomic mass is 32.2. The number of unbranched alkanes of at least 4 members (excludes halogenated alkanes) is 2. The molecule has 35 heavy (non-hydrogen) atoms. The van der Waals surface area contributed by atoms with Crippen molar-refractivity contribution in [3.63, 3.8) is 0 Å². The van der Waals surface area contributed by atoms with Gasteiger partial charge in [0.15, 0.2) is 5.11 Å². The number of nitrogens with zero attached hydrogens (tertiary/aromatic N) is 3. The minimum Gasteiger partial charge on any atom is -0.339 e. The van der Waals surface area contributed by atoms with Crippen molar-refractivity contribution in [2.75, 3.05) is 25.4 Å². The van der Waals surface area contributed by atoms with Gasteiger partial charge in [-0.15, -0.1) is 0 Å². The molecular formula is C24H35N3O5S3. The summed E-state index contributed by atoms with van der Waals surface area (Å²) in [5.74, 6) is -1.03. The van der Waals surface area contributed by atoms with Crippen LogP contribution in [0.1, 0.15) is 59.8 Å². The molecule has 1 N–H and O–H groups in total. The number of carbonyl (C=O) groups excluding carboxylic acids is 2. The molecule has 1 saturated heterocycles. The van der Waals surface area contributed by atoms with Crippen molar-refractivity contribution in [3.05, 3.63) is 45.5 Å². The number of carbonyl (C=O) groups is 2. The molecule has 0 saturated carbocycles. The maximum absolute atomic E-state index is 13.0. The Morgan fingerprint density at radius 3 is 1.91 bits per heavy atom. The van der Waals surface area contributed by atoms with Gasteiger partial charge in [0.2, 0.25) is 0 Å². The van der Waals surface area contributed by atoms with Crippen molar-refractivity contribution >= 4 is 51.0 Å². The number of amides is 2. The second kappa shape index (κ2) is 13.4. The summed E-state index contributed by atoms with van der Waals surface area (Å²) >= 11 is 7.03. The van der Waals surface area contributed by atoms with Crippen LogP contribution in [0.25, 0.3) is 0 Å². The topological polar surface area (TPSA) is 98.2 Å². The normalized spacial score (nSPS) is 18.8. The van der Waals surface area contributed by atoms with Crippen LogP contribution >= 0.6 is 24.0 Å². The van der Waals surface area contributed by atoms with Gasteiger partial charge in [-0.25, -0.2) is 0 Å². The van der Waals surface area contributed by atoms with Crippen LogP contribution in [0.15, 0.2) is 45.5 Å². The van der Waals surface area contributed by atoms with Gasteiger partial charge in [0, 0.05) is 30.2 Å². The molecule has 0 aromatic heterocycles. The largest absolute Gasteiger partial charge is 0.339 e. The third kappa shape index (κ3) is 8.03. The van der Waals surface area contributed by atoms with E-state index in [9.17, 15) is 18.0 Å². The lowest BCUT2D eigenvalue weighted by molar-refractivity contribution is -0.133. The van der Waals surface area contributed by atoms with Crippen molar-refractivity contribution in [1.29, 1.82) is 0 Å². The Kier molecular flexibility index (Phi) is 11.2. The first-order chi connectivity index (χ1) is 16.5. The zero-order chi connectivity index (χ0) is 26.2. The molecule has 0 aromatic carbocycles. The summed E-state index contributed by atoms with van der Waals surface area (Å²) in [6.45, 7) is 9.43. The van der Waals surface area contributed by atoms with E-state index in [1.807, 2.05) is 38.7 Å². The van der Waals surface area contributed by atoms with E-state index in [-0.39, 0.29) is 28.3 Å². The lowest BCUT2D eigenvalue weighted by Crippen LogP contribution is -2.56. The summed E-state index contributed by atoms with van der Waals surface area (Å²) < 4.78 is 31.1. The van der Waals surface area contributed by atoms with Crippen molar-refractivity contribution in [3.8, 4) is 0 Å². The molecule has 0 aromatic rings. The van der Waals surface area contributed by atoms with Crippen LogP contribution in [0.2, 0.25) is 0 Å². The summed E-state index contributed by atoms with van der Waals surface area (Å²) in [5.41, 5.74) is 1.11. The van der Waals surface area contributed by atoms with E-state index >= 15 is 0 Å². The van der Waals surface area contributed by atoms with Gasteiger partial charge < -0.3 is 4.90 Å². The van der Waals surface area contributed by atoms with E-state index in [1.54, 1.807) is 23.9 Å². The third-order valence-corrected chi connectivity index (χ3v) is 8.13. The maximum atomic E-state index is 13.0. The van der Waals surface area contributed by atoms with Crippen LogP contribution in [0.3, 0.4) is 0 Å². The van der Waals surface area contributed by atoms with Crippen molar-refractivity contribution in [2.45, 2.75) is 59.8 Å². The Morgan fingerprint density at radius 1 is 0.886 bits per heavy atom. The monoisotopic (exact) mass is 541 g/mol. The van der Waals surface area contributed by atoms with Gasteiger partial charge in [-0.3, -0.25) is 23.9 Å². The summed E-state index contributed by atoms with van der Waals surface area (Å²) in [6.07, 6.45) is 10.5. The molecule has 2 aliphatic rings. The minimum atomic E-state index is -4.00. The molecular weight excluding hydrogens is 506 g/mol. The zero-order valence-electron chi connectivity index (χ0n) is 20.8. The quantitative estimate of drug-likeness (QED) is 0.168. The van der Waals surface area contributed by atoms with E-state index in [4.69, 9.17) is 16.8 Å². The molecule has 0 atom stereocenters. The standard InChI is InChI=1S/C24H35N3O5S3/c1-5-7-14-26-22(28)20(23(29)27(24(26)33)15-8-6-2)12-9-10-13-21-25(18(3)19(4)34-21)16-11-17-35(30,31)32/h9-10,12-13H,5-8,11,14-17H2,1-4H3,(H,30,31,32)/b10-9+,21-13+. The molecule has 0 unspecified atom stereocenters. The Balaban J connectivity index is 2.21. The Hall–Kier alpha value is -1.95. The summed E-state index contributed by atoms with van der Waals surface area (Å²) in [5, 5.41) is 1.19. The second-order valence-corrected chi connectivity index (χ2v) is 11.6. The van der Waals surface area contributed by atoms with Gasteiger partial charge in [-0.1, -0.05) is 50.6 Å². The Bertz CT molecular complexity index is 1030. The fraction of sp³-hybridized carbons (Fsp3) is 0.542. The van der Waals surface area contributed by atoms with E-state index in [0.29, 0.717) is 26.1 Å². The SMILES string of the molecule is CCCCN1C(=O)C(=C/C=C/C=C2/SC(C)=C(C)N2CCCS(=O)(=O)O)C(=O)N(CCCC)C1=S. The molecule has 194 valence electrons. The molecule has 2 rings (SSSR count). The number of allylic oxidation sites excluding steroid dienone is 6. The molecule has 1 fully saturated rings. The second-order valence-electron chi connectivity index (χ2n) is 8.41. The van der Waals surface area contributed by atoms with E-state index in [1.165, 1.54) is 15.9 Å². The van der Waals surface area contributed by atoms with Crippen LogP contribution in [0.5, 0.6) is 0 Å². The fourth-order valence-electron chi connectivity index (χ4n) is 3.61. The number of rotatable bonds is 12. The molecule has 0 radical (unpaired) electrons. The van der Waals surface area contributed by atoms with Gasteiger partial charge in [0.25, 0.3) is 21.9 Å². The molecule has 11 heteroatoms. The smallest absolute Gasteiger partial charge is 0.265 e. The first-order valence-corrected chi connectivity index (χ1v) is 14.7. The highest BCUT2D eigenvalue weighted by molar-refractivity contribution is 8.06. The number of hydrogen-bond donors (Lipinski definition) is 1. The lowest BCUT2D eigenvalue weighted by Gasteiger charge is -2.36. The molecule has 2 heterocycles. The average molecular weight is 542 g/mol. The Morgan fingerprint density at radius 2 is 1.40 bits per heavy atom. The molecule has 0 spiro atoms. The van der Waals surface area contributed by atoms with Crippen LogP contribution < -0.4 is 0 Å². The predicted octanol–water partition coefficient (Wildman–Crippen LogP) is 4.44. The summed E-state index contributed by atoms with van der Waals surface area (Å²) in [6, 6.07) is 0. The molecule has 0 bridgehead atoms. The molecule has 2 aliphatic heterocycles. The Labute approximate surface area is 218 Å². The maximum Gasteiger partial charge on any atom is 0.265 e. The van der Waals surface area contributed by atoms with Gasteiger partial charge in [-0.2, -0.15) is 8.42 Å². The highest BCUT2D eigenvalue weighted by Gasteiger charge is 2.38. The van der Waals surface area contributed by atoms with Crippen LogP contribution in [0.4, 0.5) is 0 Å². The third-order valence-electron chi connectivity index (χ3n) is 5.72. The van der Waals surface area contributed by atoms with Crippen LogP contribution in [0, 0.1) is 0 Å². The first-order valence-electron chi connectivity index (χ1n) is 11.9. The summed E-state index contributed by atoms with van der Waals surface area (Å²) in [4.78, 5) is 32.2. The molecule has 2 amide bonds. The van der Waals surface area contributed by atoms with Crippen molar-refractivity contribution in [1.82, 2.24) is 14.7 Å².